The van der Waals surface area contributed by atoms with Crippen LogP contribution in [-0.2, 0) is 23.6 Å². The molecule has 0 unspecified atom stereocenters. The van der Waals surface area contributed by atoms with Crippen molar-refractivity contribution < 1.29 is 8.42 Å². The molecular formula is C23H21ClN6O2S. The van der Waals surface area contributed by atoms with Gasteiger partial charge in [-0.3, -0.25) is 0 Å². The van der Waals surface area contributed by atoms with Gasteiger partial charge in [0, 0.05) is 36.7 Å². The Morgan fingerprint density at radius 2 is 1.91 bits per heavy atom. The number of aromatic amines is 1. The summed E-state index contributed by atoms with van der Waals surface area (Å²) in [6.45, 7) is 0.160. The van der Waals surface area contributed by atoms with Crippen molar-refractivity contribution in [3.63, 3.8) is 0 Å². The summed E-state index contributed by atoms with van der Waals surface area (Å²) in [7, 11) is 0.126. The monoisotopic (exact) mass is 480 g/mol. The van der Waals surface area contributed by atoms with E-state index in [0.717, 1.165) is 38.9 Å². The Kier molecular flexibility index (Phi) is 5.32. The Morgan fingerprint density at radius 1 is 1.12 bits per heavy atom. The number of fused-ring (bicyclic) bond motifs is 3. The first-order valence-corrected chi connectivity index (χ1v) is 12.1. The molecule has 0 atom stereocenters. The van der Waals surface area contributed by atoms with Crippen molar-refractivity contribution >= 4 is 49.5 Å². The molecule has 10 heteroatoms. The minimum Gasteiger partial charge on any atom is -0.371 e. The molecule has 0 saturated carbocycles. The molecule has 3 N–H and O–H groups in total. The number of nitrogens with one attached hydrogen (secondary N) is 3. The first-order valence-electron chi connectivity index (χ1n) is 10.2. The number of aromatic nitrogens is 4. The summed E-state index contributed by atoms with van der Waals surface area (Å²) in [5.41, 5.74) is 5.19. The molecule has 0 amide bonds. The van der Waals surface area contributed by atoms with Crippen molar-refractivity contribution in [3.05, 3.63) is 71.5 Å². The first kappa shape index (κ1) is 21.4. The Morgan fingerprint density at radius 3 is 2.67 bits per heavy atom. The maximum absolute atomic E-state index is 12.6. The van der Waals surface area contributed by atoms with Crippen LogP contribution >= 0.6 is 11.6 Å². The van der Waals surface area contributed by atoms with Gasteiger partial charge in [0.05, 0.1) is 16.7 Å². The standard InChI is InChI=1S/C23H21ClN6O2S/c1-25-23-20-21(30(2)13-26-20)18-11-19(28-22(18)29-23)15-5-3-4-14(10-15)12-27-33(31,32)17-8-6-16(24)7-9-17/h3-11,13,27H,12H2,1-2H3,(H2,25,28,29). The van der Waals surface area contributed by atoms with Crippen LogP contribution in [0.2, 0.25) is 5.02 Å². The molecule has 0 spiro atoms. The molecule has 5 aromatic rings. The van der Waals surface area contributed by atoms with Gasteiger partial charge in [0.1, 0.15) is 11.2 Å². The number of H-pyrrole nitrogens is 1. The highest BCUT2D eigenvalue weighted by molar-refractivity contribution is 7.89. The van der Waals surface area contributed by atoms with Crippen LogP contribution in [0.3, 0.4) is 0 Å². The Hall–Kier alpha value is -3.40. The molecule has 8 nitrogen and oxygen atoms in total. The number of nitrogens with zero attached hydrogens (tertiary/aromatic N) is 3. The number of halogens is 1. The summed E-state index contributed by atoms with van der Waals surface area (Å²) in [4.78, 5) is 12.7. The van der Waals surface area contributed by atoms with Crippen molar-refractivity contribution in [2.45, 2.75) is 11.4 Å². The van der Waals surface area contributed by atoms with Gasteiger partial charge in [0.2, 0.25) is 10.0 Å². The number of hydrogen-bond acceptors (Lipinski definition) is 5. The smallest absolute Gasteiger partial charge is 0.240 e. The van der Waals surface area contributed by atoms with Crippen molar-refractivity contribution in [1.82, 2.24) is 24.2 Å². The van der Waals surface area contributed by atoms with E-state index in [0.29, 0.717) is 10.8 Å². The Labute approximate surface area is 195 Å². The van der Waals surface area contributed by atoms with Gasteiger partial charge < -0.3 is 14.9 Å². The summed E-state index contributed by atoms with van der Waals surface area (Å²) in [5.74, 6) is 0.705. The lowest BCUT2D eigenvalue weighted by Gasteiger charge is -2.08. The van der Waals surface area contributed by atoms with Gasteiger partial charge in [-0.2, -0.15) is 0 Å². The van der Waals surface area contributed by atoms with Crippen LogP contribution in [0.25, 0.3) is 33.3 Å². The molecular weight excluding hydrogens is 460 g/mol. The lowest BCUT2D eigenvalue weighted by molar-refractivity contribution is 0.581. The Bertz CT molecular complexity index is 1590. The second kappa shape index (κ2) is 8.18. The minimum absolute atomic E-state index is 0.160. The average molecular weight is 481 g/mol. The number of hydrogen-bond donors (Lipinski definition) is 3. The van der Waals surface area contributed by atoms with Crippen molar-refractivity contribution in [2.24, 2.45) is 7.05 Å². The van der Waals surface area contributed by atoms with E-state index >= 15 is 0 Å². The van der Waals surface area contributed by atoms with E-state index in [1.54, 1.807) is 18.5 Å². The van der Waals surface area contributed by atoms with E-state index in [1.807, 2.05) is 49.0 Å². The van der Waals surface area contributed by atoms with Crippen LogP contribution in [0.5, 0.6) is 0 Å². The summed E-state index contributed by atoms with van der Waals surface area (Å²) in [6, 6.07) is 15.8. The Balaban J connectivity index is 1.46. The average Bonchev–Trinajstić information content (AvgIpc) is 3.41. The second-order valence-electron chi connectivity index (χ2n) is 7.69. The summed E-state index contributed by atoms with van der Waals surface area (Å²) >= 11 is 5.86. The van der Waals surface area contributed by atoms with Crippen LogP contribution < -0.4 is 10.0 Å². The number of rotatable bonds is 6. The maximum atomic E-state index is 12.6. The van der Waals surface area contributed by atoms with E-state index in [1.165, 1.54) is 12.1 Å². The van der Waals surface area contributed by atoms with Crippen molar-refractivity contribution in [2.75, 3.05) is 12.4 Å². The van der Waals surface area contributed by atoms with Crippen LogP contribution in [-0.4, -0.2) is 35.0 Å². The molecule has 0 aliphatic rings. The van der Waals surface area contributed by atoms with Crippen molar-refractivity contribution in [3.8, 4) is 11.3 Å². The first-order chi connectivity index (χ1) is 15.9. The van der Waals surface area contributed by atoms with E-state index in [-0.39, 0.29) is 11.4 Å². The molecule has 0 fully saturated rings. The van der Waals surface area contributed by atoms with Crippen LogP contribution in [0.15, 0.2) is 65.8 Å². The third-order valence-electron chi connectivity index (χ3n) is 5.50. The number of anilines is 1. The molecule has 5 rings (SSSR count). The third kappa shape index (κ3) is 3.95. The fourth-order valence-electron chi connectivity index (χ4n) is 3.85. The van der Waals surface area contributed by atoms with E-state index in [9.17, 15) is 8.42 Å². The predicted octanol–water partition coefficient (Wildman–Crippen LogP) is 4.29. The third-order valence-corrected chi connectivity index (χ3v) is 7.17. The second-order valence-corrected chi connectivity index (χ2v) is 9.89. The molecule has 3 aromatic heterocycles. The molecule has 0 radical (unpaired) electrons. The van der Waals surface area contributed by atoms with Gasteiger partial charge in [-0.1, -0.05) is 29.8 Å². The largest absolute Gasteiger partial charge is 0.371 e. The molecule has 2 aromatic carbocycles. The highest BCUT2D eigenvalue weighted by Gasteiger charge is 2.16. The number of sulfonamides is 1. The van der Waals surface area contributed by atoms with Crippen LogP contribution in [0, 0.1) is 0 Å². The number of imidazole rings is 1. The summed E-state index contributed by atoms with van der Waals surface area (Å²) in [5, 5.41) is 4.55. The van der Waals surface area contributed by atoms with Crippen molar-refractivity contribution in [1.29, 1.82) is 0 Å². The zero-order chi connectivity index (χ0) is 23.2. The molecule has 0 aliphatic heterocycles. The number of benzene rings is 2. The van der Waals surface area contributed by atoms with E-state index in [4.69, 9.17) is 11.6 Å². The van der Waals surface area contributed by atoms with Gasteiger partial charge in [-0.25, -0.2) is 23.1 Å². The SMILES string of the molecule is CNc1nc2[nH]c(-c3cccc(CNS(=O)(=O)c4ccc(Cl)cc4)c3)cc2c2c1ncn2C. The zero-order valence-electron chi connectivity index (χ0n) is 17.9. The molecule has 0 saturated heterocycles. The fraction of sp³-hybridized carbons (Fsp3) is 0.130. The molecule has 33 heavy (non-hydrogen) atoms. The molecule has 3 heterocycles. The topological polar surface area (TPSA) is 105 Å². The van der Waals surface area contributed by atoms with Gasteiger partial charge in [0.15, 0.2) is 5.82 Å². The van der Waals surface area contributed by atoms with Gasteiger partial charge >= 0.3 is 0 Å². The van der Waals surface area contributed by atoms with E-state index in [2.05, 4.69) is 25.0 Å². The molecule has 0 bridgehead atoms. The minimum atomic E-state index is -3.65. The van der Waals surface area contributed by atoms with Crippen LogP contribution in [0.1, 0.15) is 5.56 Å². The maximum Gasteiger partial charge on any atom is 0.240 e. The van der Waals surface area contributed by atoms with Gasteiger partial charge in [-0.05, 0) is 47.5 Å². The zero-order valence-corrected chi connectivity index (χ0v) is 19.5. The highest BCUT2D eigenvalue weighted by atomic mass is 35.5. The summed E-state index contributed by atoms with van der Waals surface area (Å²) in [6.07, 6.45) is 1.77. The van der Waals surface area contributed by atoms with Crippen LogP contribution in [0.4, 0.5) is 5.82 Å². The number of aryl methyl sites for hydroxylation is 1. The lowest BCUT2D eigenvalue weighted by atomic mass is 10.1. The predicted molar refractivity (Wildman–Crippen MR) is 131 cm³/mol. The normalized spacial score (nSPS) is 12.0. The van der Waals surface area contributed by atoms with Gasteiger partial charge in [-0.15, -0.1) is 0 Å². The quantitative estimate of drug-likeness (QED) is 0.336. The number of pyridine rings is 1. The summed E-state index contributed by atoms with van der Waals surface area (Å²) < 4.78 is 29.8. The molecule has 0 aliphatic carbocycles. The lowest BCUT2D eigenvalue weighted by Crippen LogP contribution is -2.23. The molecule has 168 valence electrons. The fourth-order valence-corrected chi connectivity index (χ4v) is 5.00. The highest BCUT2D eigenvalue weighted by Crippen LogP contribution is 2.31. The van der Waals surface area contributed by atoms with Gasteiger partial charge in [0.25, 0.3) is 0 Å². The van der Waals surface area contributed by atoms with E-state index < -0.39 is 10.0 Å².